The van der Waals surface area contributed by atoms with Crippen LogP contribution in [0.2, 0.25) is 12.1 Å². The highest BCUT2D eigenvalue weighted by Gasteiger charge is 2.35. The maximum absolute atomic E-state index is 13.2. The smallest absolute Gasteiger partial charge is 0.252 e. The van der Waals surface area contributed by atoms with Gasteiger partial charge >= 0.3 is 0 Å². The third kappa shape index (κ3) is 25.2. The van der Waals surface area contributed by atoms with E-state index in [1.807, 2.05) is 38.1 Å². The second kappa shape index (κ2) is 41.9. The zero-order chi connectivity index (χ0) is 78.2. The minimum absolute atomic E-state index is 0.0589. The SMILES string of the molecule is CC(C)[Si](C)(c1ccccc1)c1ccccc1.CC(C)c1c(F)c(F)c(C#N)c(F)c1F.CC(C)c1c(F)c(F)c(F)c(F)c1F.CC(C)c1c(F)c(F)cc(F)c1F.CC(C)c1c(F)c(F)nc(F)c1F.CC(C)c1c(F)cc(F)cc1F.CC(C)c1ccc(S(C)=O)cc1.COC(C)C. The molecular formula is C75H82F20N2O2SSi. The van der Waals surface area contributed by atoms with E-state index in [0.29, 0.717) is 29.7 Å². The molecule has 0 amide bonds. The molecule has 8 rings (SSSR count). The molecule has 26 heteroatoms. The first-order valence-corrected chi connectivity index (χ1v) is 35.4. The molecule has 1 atom stereocenters. The van der Waals surface area contributed by atoms with Gasteiger partial charge in [0.15, 0.2) is 81.4 Å². The van der Waals surface area contributed by atoms with E-state index >= 15 is 0 Å². The van der Waals surface area contributed by atoms with E-state index in [-0.39, 0.29) is 17.5 Å². The Labute approximate surface area is 581 Å². The fraction of sp³-hybridized carbons (Fsp3) is 0.360. The van der Waals surface area contributed by atoms with Crippen molar-refractivity contribution < 1.29 is 96.8 Å². The summed E-state index contributed by atoms with van der Waals surface area (Å²) in [5.74, 6) is -32.0. The molecule has 0 radical (unpaired) electrons. The molecule has 1 heterocycles. The second-order valence-corrected chi connectivity index (χ2v) is 31.0. The molecule has 101 heavy (non-hydrogen) atoms. The van der Waals surface area contributed by atoms with E-state index in [0.717, 1.165) is 11.0 Å². The van der Waals surface area contributed by atoms with E-state index in [1.54, 1.807) is 27.2 Å². The van der Waals surface area contributed by atoms with E-state index in [1.165, 1.54) is 71.3 Å². The van der Waals surface area contributed by atoms with Gasteiger partial charge in [0.05, 0.1) is 6.10 Å². The molecule has 554 valence electrons. The minimum atomic E-state index is -2.12. The molecule has 0 aliphatic carbocycles. The molecule has 1 unspecified atom stereocenters. The fourth-order valence-electron chi connectivity index (χ4n) is 9.04. The Kier molecular flexibility index (Phi) is 37.8. The highest BCUT2D eigenvalue weighted by Crippen LogP contribution is 2.32. The Morgan fingerprint density at radius 2 is 0.683 bits per heavy atom. The average molecular weight is 1480 g/mol. The van der Waals surface area contributed by atoms with Crippen LogP contribution in [-0.2, 0) is 15.5 Å². The summed E-state index contributed by atoms with van der Waals surface area (Å²) in [5.41, 5.74) is -1.89. The third-order valence-corrected chi connectivity index (χ3v) is 21.3. The zero-order valence-corrected chi connectivity index (χ0v) is 60.9. The Morgan fingerprint density at radius 1 is 0.386 bits per heavy atom. The van der Waals surface area contributed by atoms with Gasteiger partial charge in [-0.3, -0.25) is 4.21 Å². The molecule has 0 saturated heterocycles. The van der Waals surface area contributed by atoms with Crippen LogP contribution in [0.3, 0.4) is 0 Å². The fourth-order valence-corrected chi connectivity index (χ4v) is 13.0. The van der Waals surface area contributed by atoms with Gasteiger partial charge in [0.1, 0.15) is 37.2 Å². The van der Waals surface area contributed by atoms with Crippen LogP contribution in [0.5, 0.6) is 0 Å². The van der Waals surface area contributed by atoms with Gasteiger partial charge in [-0.15, -0.1) is 0 Å². The van der Waals surface area contributed by atoms with Gasteiger partial charge in [0.25, 0.3) is 11.9 Å². The summed E-state index contributed by atoms with van der Waals surface area (Å²) in [6.45, 7) is 30.0. The monoisotopic (exact) mass is 1480 g/mol. The number of pyridine rings is 1. The van der Waals surface area contributed by atoms with Gasteiger partial charge in [-0.05, 0) is 72.6 Å². The lowest BCUT2D eigenvalue weighted by molar-refractivity contribution is 0.134. The lowest BCUT2D eigenvalue weighted by Crippen LogP contribution is -2.57. The molecule has 0 saturated carbocycles. The van der Waals surface area contributed by atoms with E-state index in [4.69, 9.17) is 10.00 Å². The molecule has 8 aromatic rings. The van der Waals surface area contributed by atoms with Crippen LogP contribution in [0, 0.1) is 128 Å². The summed E-state index contributed by atoms with van der Waals surface area (Å²) in [6.07, 6.45) is 2.08. The summed E-state index contributed by atoms with van der Waals surface area (Å²) in [5, 5.41) is 11.4. The van der Waals surface area contributed by atoms with Gasteiger partial charge in [-0.1, -0.05) is 187 Å². The maximum Gasteiger partial charge on any atom is 0.252 e. The Balaban J connectivity index is 0.000000584. The summed E-state index contributed by atoms with van der Waals surface area (Å²) in [4.78, 5) is 3.33. The number of halogens is 20. The second-order valence-electron chi connectivity index (χ2n) is 24.9. The van der Waals surface area contributed by atoms with Crippen molar-refractivity contribution in [2.24, 2.45) is 0 Å². The van der Waals surface area contributed by atoms with Crippen LogP contribution in [0.4, 0.5) is 87.8 Å². The van der Waals surface area contributed by atoms with Crippen LogP contribution in [-0.4, -0.2) is 36.7 Å². The first-order chi connectivity index (χ1) is 46.7. The number of nitriles is 1. The van der Waals surface area contributed by atoms with Crippen LogP contribution < -0.4 is 10.4 Å². The van der Waals surface area contributed by atoms with Crippen molar-refractivity contribution in [3.63, 3.8) is 0 Å². The number of nitrogens with zero attached hydrogens (tertiary/aromatic N) is 2. The molecule has 0 spiro atoms. The van der Waals surface area contributed by atoms with Crippen LogP contribution >= 0.6 is 0 Å². The van der Waals surface area contributed by atoms with Crippen LogP contribution in [0.25, 0.3) is 0 Å². The lowest BCUT2D eigenvalue weighted by atomic mass is 9.99. The molecule has 7 aromatic carbocycles. The molecule has 0 N–H and O–H groups in total. The van der Waals surface area contributed by atoms with Crippen molar-refractivity contribution in [2.45, 2.75) is 169 Å². The maximum atomic E-state index is 13.2. The number of benzene rings is 7. The highest BCUT2D eigenvalue weighted by molar-refractivity contribution is 7.84. The molecule has 0 aliphatic heterocycles. The summed E-state index contributed by atoms with van der Waals surface area (Å²) < 4.78 is 272. The van der Waals surface area contributed by atoms with Crippen molar-refractivity contribution in [3.05, 3.63) is 259 Å². The summed E-state index contributed by atoms with van der Waals surface area (Å²) in [7, 11) is -0.730. The molecule has 0 bridgehead atoms. The molecule has 0 fully saturated rings. The zero-order valence-electron chi connectivity index (χ0n) is 59.1. The topological polar surface area (TPSA) is 63.0 Å². The number of methoxy groups -OCH3 is 1. The minimum Gasteiger partial charge on any atom is -0.382 e. The molecule has 1 aromatic heterocycles. The number of hydrogen-bond acceptors (Lipinski definition) is 4. The molecular weight excluding hydrogens is 1400 g/mol. The Hall–Kier alpha value is -7.89. The third-order valence-electron chi connectivity index (χ3n) is 15.0. The number of aromatic nitrogens is 1. The summed E-state index contributed by atoms with van der Waals surface area (Å²) in [6, 6.07) is 32.6. The number of hydrogen-bond donors (Lipinski definition) is 0. The Bertz CT molecular complexity index is 3800. The first kappa shape index (κ1) is 91.1. The van der Waals surface area contributed by atoms with E-state index in [9.17, 15) is 92.0 Å². The van der Waals surface area contributed by atoms with Crippen molar-refractivity contribution in [2.75, 3.05) is 13.4 Å². The van der Waals surface area contributed by atoms with E-state index < -0.39 is 187 Å². The number of rotatable bonds is 11. The highest BCUT2D eigenvalue weighted by atomic mass is 32.2. The van der Waals surface area contributed by atoms with Gasteiger partial charge in [0, 0.05) is 75.1 Å². The van der Waals surface area contributed by atoms with Gasteiger partial charge in [-0.25, -0.2) is 79.0 Å². The molecule has 4 nitrogen and oxygen atoms in total. The van der Waals surface area contributed by atoms with Crippen molar-refractivity contribution in [1.29, 1.82) is 5.26 Å². The quantitative estimate of drug-likeness (QED) is 0.0426. The Morgan fingerprint density at radius 3 is 0.960 bits per heavy atom. The van der Waals surface area contributed by atoms with Crippen LogP contribution in [0.15, 0.2) is 108 Å². The van der Waals surface area contributed by atoms with Crippen molar-refractivity contribution in [3.8, 4) is 6.07 Å². The molecule has 0 aliphatic rings. The summed E-state index contributed by atoms with van der Waals surface area (Å²) >= 11 is 0. The normalized spacial score (nSPS) is 11.3. The lowest BCUT2D eigenvalue weighted by Gasteiger charge is -2.32. The standard InChI is InChI=1S/C16H20Si.C10H7F4N.C10H14OS.C9H7F5.C9H8F4.C9H9F3.C8H7F4N.C4H10O/c1-14(2)17(3,15-10-6-4-7-11-15)16-12-8-5-9-13-16;1-4(2)6-9(13)7(11)5(3-15)8(12)10(6)14;1-8(2)9-4-6-10(7-5-9)12(3)11;1-3(2)4-5(10)7(12)9(14)8(13)6(4)11;1-4(2)7-8(12)5(10)3-6(11)9(7)13;1-5(2)9-7(11)3-6(10)4-8(9)12;1-3(2)4-5(9)7(11)13-8(12)6(4)10;1-4(2)5-3/h4-14H,1-3H3;4H,1-2H3;4-8H,1-3H3;3H,1-2H3;3-4H,1-2H3;3-5H,1-2H3;3H,1-2H3;4H,1-3H3. The van der Waals surface area contributed by atoms with Crippen molar-refractivity contribution in [1.82, 2.24) is 4.98 Å². The van der Waals surface area contributed by atoms with E-state index in [2.05, 4.69) is 99.9 Å². The van der Waals surface area contributed by atoms with Crippen LogP contribution in [0.1, 0.15) is 185 Å². The number of ether oxygens (including phenoxy) is 1. The van der Waals surface area contributed by atoms with Gasteiger partial charge in [-0.2, -0.15) is 19.0 Å². The largest absolute Gasteiger partial charge is 0.382 e. The average Bonchev–Trinajstić information content (AvgIpc) is 0.803. The van der Waals surface area contributed by atoms with Crippen molar-refractivity contribution >= 4 is 29.2 Å². The van der Waals surface area contributed by atoms with Gasteiger partial charge < -0.3 is 4.74 Å². The predicted molar refractivity (Wildman–Crippen MR) is 358 cm³/mol. The predicted octanol–water partition coefficient (Wildman–Crippen LogP) is 23.0. The first-order valence-electron chi connectivity index (χ1n) is 31.3. The van der Waals surface area contributed by atoms with Gasteiger partial charge in [0.2, 0.25) is 5.82 Å².